The second-order valence-electron chi connectivity index (χ2n) is 6.75. The molecule has 0 aliphatic carbocycles. The van der Waals surface area contributed by atoms with Crippen LogP contribution in [0.5, 0.6) is 11.5 Å². The van der Waals surface area contributed by atoms with Crippen LogP contribution in [0.1, 0.15) is 23.4 Å². The number of methoxy groups -OCH3 is 2. The van der Waals surface area contributed by atoms with Crippen LogP contribution in [0.15, 0.2) is 34.1 Å². The number of piperazine rings is 1. The molecule has 3 rings (SSSR count). The lowest BCUT2D eigenvalue weighted by atomic mass is 10.1. The van der Waals surface area contributed by atoms with Crippen LogP contribution in [-0.2, 0) is 6.54 Å². The van der Waals surface area contributed by atoms with E-state index in [0.29, 0.717) is 0 Å². The molecule has 0 saturated carbocycles. The van der Waals surface area contributed by atoms with E-state index in [9.17, 15) is 4.79 Å². The Morgan fingerprint density at radius 3 is 2.48 bits per heavy atom. The smallest absolute Gasteiger partial charge is 0.317 e. The molecule has 1 fully saturated rings. The number of halogens is 2. The minimum atomic E-state index is -0.181. The maximum absolute atomic E-state index is 12.7. The van der Waals surface area contributed by atoms with Crippen molar-refractivity contribution in [2.24, 2.45) is 0 Å². The molecule has 2 heterocycles. The van der Waals surface area contributed by atoms with Crippen molar-refractivity contribution >= 4 is 45.7 Å². The Kier molecular flexibility index (Phi) is 9.07. The summed E-state index contributed by atoms with van der Waals surface area (Å²) in [6.07, 6.45) is 0. The highest BCUT2D eigenvalue weighted by Crippen LogP contribution is 2.29. The minimum absolute atomic E-state index is 0. The molecule has 1 unspecified atom stereocenters. The van der Waals surface area contributed by atoms with Crippen molar-refractivity contribution in [1.29, 1.82) is 0 Å². The molecule has 1 aliphatic heterocycles. The summed E-state index contributed by atoms with van der Waals surface area (Å²) in [4.78, 5) is 18.3. The Labute approximate surface area is 190 Å². The highest BCUT2D eigenvalue weighted by molar-refractivity contribution is 9.11. The molecule has 1 saturated heterocycles. The number of carbonyl (C=O) groups is 1. The zero-order chi connectivity index (χ0) is 20.1. The molecule has 2 amide bonds. The van der Waals surface area contributed by atoms with Gasteiger partial charge in [-0.15, -0.1) is 23.7 Å². The number of rotatable bonds is 6. The molecule has 1 aliphatic rings. The SMILES string of the molecule is COc1ccc(OC)c(C(C)NC(=O)N2CCN(Cc3ccc(Br)s3)CC2)c1.Cl. The number of nitrogens with one attached hydrogen (secondary N) is 1. The van der Waals surface area contributed by atoms with E-state index in [1.54, 1.807) is 25.6 Å². The molecule has 9 heteroatoms. The maximum Gasteiger partial charge on any atom is 0.317 e. The van der Waals surface area contributed by atoms with E-state index in [0.717, 1.165) is 53.6 Å². The standard InChI is InChI=1S/C20H26BrN3O3S.ClH/c1-14(17-12-15(26-2)4-6-18(17)27-3)22-20(25)24-10-8-23(9-11-24)13-16-5-7-19(21)28-16;/h4-7,12,14H,8-11,13H2,1-3H3,(H,22,25);1H. The first-order valence-corrected chi connectivity index (χ1v) is 10.8. The van der Waals surface area contributed by atoms with Crippen LogP contribution in [0.4, 0.5) is 4.79 Å². The molecule has 1 atom stereocenters. The van der Waals surface area contributed by atoms with Gasteiger partial charge in [-0.2, -0.15) is 0 Å². The third-order valence-electron chi connectivity index (χ3n) is 4.91. The lowest BCUT2D eigenvalue weighted by molar-refractivity contribution is 0.134. The summed E-state index contributed by atoms with van der Waals surface area (Å²) < 4.78 is 11.9. The number of thiophene rings is 1. The van der Waals surface area contributed by atoms with Gasteiger partial charge in [-0.1, -0.05) is 0 Å². The first-order chi connectivity index (χ1) is 13.5. The average molecular weight is 505 g/mol. The van der Waals surface area contributed by atoms with E-state index in [2.05, 4.69) is 38.3 Å². The predicted molar refractivity (Wildman–Crippen MR) is 123 cm³/mol. The maximum atomic E-state index is 12.7. The quantitative estimate of drug-likeness (QED) is 0.628. The van der Waals surface area contributed by atoms with Gasteiger partial charge < -0.3 is 19.7 Å². The van der Waals surface area contributed by atoms with Crippen LogP contribution in [0, 0.1) is 0 Å². The monoisotopic (exact) mass is 503 g/mol. The van der Waals surface area contributed by atoms with Crippen molar-refractivity contribution < 1.29 is 14.3 Å². The highest BCUT2D eigenvalue weighted by atomic mass is 79.9. The van der Waals surface area contributed by atoms with E-state index in [1.807, 2.05) is 30.0 Å². The summed E-state index contributed by atoms with van der Waals surface area (Å²) in [7, 11) is 3.26. The molecule has 0 spiro atoms. The predicted octanol–water partition coefficient (Wildman–Crippen LogP) is 4.54. The molecule has 1 N–H and O–H groups in total. The van der Waals surface area contributed by atoms with Crippen molar-refractivity contribution in [3.8, 4) is 11.5 Å². The van der Waals surface area contributed by atoms with E-state index in [-0.39, 0.29) is 24.5 Å². The fourth-order valence-electron chi connectivity index (χ4n) is 3.30. The van der Waals surface area contributed by atoms with Crippen LogP contribution in [-0.4, -0.2) is 56.2 Å². The number of benzene rings is 1. The van der Waals surface area contributed by atoms with Crippen molar-refractivity contribution in [1.82, 2.24) is 15.1 Å². The molecule has 6 nitrogen and oxygen atoms in total. The topological polar surface area (TPSA) is 54.0 Å². The number of amides is 2. The molecule has 0 radical (unpaired) electrons. The minimum Gasteiger partial charge on any atom is -0.497 e. The molecule has 160 valence electrons. The number of nitrogens with zero attached hydrogens (tertiary/aromatic N) is 2. The zero-order valence-electron chi connectivity index (χ0n) is 16.8. The largest absolute Gasteiger partial charge is 0.497 e. The number of hydrogen-bond acceptors (Lipinski definition) is 5. The third kappa shape index (κ3) is 6.25. The fourth-order valence-corrected chi connectivity index (χ4v) is 4.82. The fraction of sp³-hybridized carbons (Fsp3) is 0.450. The molecular formula is C20H27BrClN3O3S. The van der Waals surface area contributed by atoms with Gasteiger partial charge in [-0.3, -0.25) is 4.90 Å². The summed E-state index contributed by atoms with van der Waals surface area (Å²) >= 11 is 5.27. The van der Waals surface area contributed by atoms with Crippen LogP contribution >= 0.6 is 39.7 Å². The Morgan fingerprint density at radius 2 is 1.90 bits per heavy atom. The summed E-state index contributed by atoms with van der Waals surface area (Å²) in [5.74, 6) is 1.48. The van der Waals surface area contributed by atoms with Gasteiger partial charge in [-0.25, -0.2) is 4.79 Å². The van der Waals surface area contributed by atoms with Gasteiger partial charge in [0.15, 0.2) is 0 Å². The van der Waals surface area contributed by atoms with Crippen LogP contribution in [0.25, 0.3) is 0 Å². The van der Waals surface area contributed by atoms with Gasteiger partial charge in [0.25, 0.3) is 0 Å². The first kappa shape index (κ1) is 23.8. The van der Waals surface area contributed by atoms with E-state index >= 15 is 0 Å². The van der Waals surface area contributed by atoms with Gasteiger partial charge in [0.05, 0.1) is 24.0 Å². The van der Waals surface area contributed by atoms with Crippen molar-refractivity contribution in [2.75, 3.05) is 40.4 Å². The number of ether oxygens (including phenoxy) is 2. The van der Waals surface area contributed by atoms with Gasteiger partial charge in [0.1, 0.15) is 11.5 Å². The van der Waals surface area contributed by atoms with Gasteiger partial charge in [0.2, 0.25) is 0 Å². The Bertz CT molecular complexity index is 812. The molecule has 1 aromatic carbocycles. The van der Waals surface area contributed by atoms with Crippen molar-refractivity contribution in [3.05, 3.63) is 44.6 Å². The van der Waals surface area contributed by atoms with Crippen molar-refractivity contribution in [3.63, 3.8) is 0 Å². The Balaban J connectivity index is 0.00000300. The summed E-state index contributed by atoms with van der Waals surface area (Å²) in [6, 6.07) is 9.62. The molecular weight excluding hydrogens is 478 g/mol. The van der Waals surface area contributed by atoms with Crippen LogP contribution in [0.3, 0.4) is 0 Å². The Morgan fingerprint density at radius 1 is 1.17 bits per heavy atom. The lowest BCUT2D eigenvalue weighted by Crippen LogP contribution is -2.51. The second kappa shape index (κ2) is 11.1. The highest BCUT2D eigenvalue weighted by Gasteiger charge is 2.23. The molecule has 1 aromatic heterocycles. The van der Waals surface area contributed by atoms with E-state index < -0.39 is 0 Å². The second-order valence-corrected chi connectivity index (χ2v) is 9.30. The molecule has 29 heavy (non-hydrogen) atoms. The first-order valence-electron chi connectivity index (χ1n) is 9.24. The Hall–Kier alpha value is -1.48. The summed E-state index contributed by atoms with van der Waals surface area (Å²) in [5, 5.41) is 3.09. The normalized spacial score (nSPS) is 15.4. The van der Waals surface area contributed by atoms with Gasteiger partial charge in [-0.05, 0) is 53.2 Å². The van der Waals surface area contributed by atoms with Crippen LogP contribution < -0.4 is 14.8 Å². The van der Waals surface area contributed by atoms with Gasteiger partial charge >= 0.3 is 6.03 Å². The number of hydrogen-bond donors (Lipinski definition) is 1. The number of carbonyl (C=O) groups excluding carboxylic acids is 1. The molecule has 0 bridgehead atoms. The summed E-state index contributed by atoms with van der Waals surface area (Å²) in [5.41, 5.74) is 0.900. The van der Waals surface area contributed by atoms with Crippen molar-refractivity contribution in [2.45, 2.75) is 19.5 Å². The third-order valence-corrected chi connectivity index (χ3v) is 6.52. The lowest BCUT2D eigenvalue weighted by Gasteiger charge is -2.35. The van der Waals surface area contributed by atoms with Crippen LogP contribution in [0.2, 0.25) is 0 Å². The van der Waals surface area contributed by atoms with Gasteiger partial charge in [0, 0.05) is 43.2 Å². The summed E-state index contributed by atoms with van der Waals surface area (Å²) in [6.45, 7) is 6.09. The van der Waals surface area contributed by atoms with E-state index in [4.69, 9.17) is 9.47 Å². The zero-order valence-corrected chi connectivity index (χ0v) is 20.0. The molecule has 2 aromatic rings. The van der Waals surface area contributed by atoms with E-state index in [1.165, 1.54) is 4.88 Å². The number of urea groups is 1. The average Bonchev–Trinajstić information content (AvgIpc) is 3.12.